The van der Waals surface area contributed by atoms with Gasteiger partial charge in [0.05, 0.1) is 35.4 Å². The van der Waals surface area contributed by atoms with E-state index in [1.165, 1.54) is 6.26 Å². The summed E-state index contributed by atoms with van der Waals surface area (Å²) < 4.78 is 5.09. The number of hydrogen-bond acceptors (Lipinski definition) is 3. The minimum atomic E-state index is -0.457. The van der Waals surface area contributed by atoms with Crippen molar-refractivity contribution in [1.82, 2.24) is 16.0 Å². The fourth-order valence-corrected chi connectivity index (χ4v) is 2.24. The SMILES string of the molecule is CC(NC(=O)NCC(=O)NCc1ccco1)c1ccc(Cl)c(Cl)c1. The smallest absolute Gasteiger partial charge is 0.315 e. The molecule has 1 atom stereocenters. The second kappa shape index (κ2) is 8.61. The maximum Gasteiger partial charge on any atom is 0.315 e. The van der Waals surface area contributed by atoms with Crippen molar-refractivity contribution in [3.05, 3.63) is 58.0 Å². The third kappa shape index (κ3) is 5.47. The first-order valence-corrected chi connectivity index (χ1v) is 7.99. The molecular formula is C16H17Cl2N3O3. The molecule has 2 aromatic rings. The maximum absolute atomic E-state index is 11.8. The van der Waals surface area contributed by atoms with E-state index in [2.05, 4.69) is 16.0 Å². The van der Waals surface area contributed by atoms with Crippen LogP contribution in [-0.4, -0.2) is 18.5 Å². The molecule has 2 rings (SSSR count). The van der Waals surface area contributed by atoms with Crippen molar-refractivity contribution in [2.24, 2.45) is 0 Å². The predicted octanol–water partition coefficient (Wildman–Crippen LogP) is 3.26. The lowest BCUT2D eigenvalue weighted by Crippen LogP contribution is -2.42. The molecule has 0 radical (unpaired) electrons. The van der Waals surface area contributed by atoms with Gasteiger partial charge in [-0.05, 0) is 36.8 Å². The number of carbonyl (C=O) groups excluding carboxylic acids is 2. The molecule has 3 N–H and O–H groups in total. The maximum atomic E-state index is 11.8. The van der Waals surface area contributed by atoms with Crippen molar-refractivity contribution in [3.8, 4) is 0 Å². The fraction of sp³-hybridized carbons (Fsp3) is 0.250. The minimum absolute atomic E-state index is 0.138. The van der Waals surface area contributed by atoms with E-state index in [1.54, 1.807) is 37.3 Å². The second-order valence-electron chi connectivity index (χ2n) is 5.08. The minimum Gasteiger partial charge on any atom is -0.467 e. The Morgan fingerprint density at radius 3 is 2.62 bits per heavy atom. The monoisotopic (exact) mass is 369 g/mol. The van der Waals surface area contributed by atoms with E-state index in [0.29, 0.717) is 15.8 Å². The summed E-state index contributed by atoms with van der Waals surface area (Å²) in [5.74, 6) is 0.324. The number of urea groups is 1. The number of halogens is 2. The zero-order chi connectivity index (χ0) is 17.5. The van der Waals surface area contributed by atoms with E-state index in [-0.39, 0.29) is 25.0 Å². The van der Waals surface area contributed by atoms with Crippen LogP contribution < -0.4 is 16.0 Å². The molecule has 0 fully saturated rings. The van der Waals surface area contributed by atoms with Crippen molar-refractivity contribution in [2.75, 3.05) is 6.54 Å². The van der Waals surface area contributed by atoms with Gasteiger partial charge >= 0.3 is 6.03 Å². The summed E-state index contributed by atoms with van der Waals surface area (Å²) in [6.07, 6.45) is 1.53. The molecule has 1 unspecified atom stereocenters. The largest absolute Gasteiger partial charge is 0.467 e. The van der Waals surface area contributed by atoms with Gasteiger partial charge in [-0.15, -0.1) is 0 Å². The molecule has 6 nitrogen and oxygen atoms in total. The summed E-state index contributed by atoms with van der Waals surface area (Å²) in [5, 5.41) is 8.70. The van der Waals surface area contributed by atoms with Gasteiger partial charge in [0.2, 0.25) is 5.91 Å². The summed E-state index contributed by atoms with van der Waals surface area (Å²) >= 11 is 11.8. The van der Waals surface area contributed by atoms with Crippen LogP contribution in [0, 0.1) is 0 Å². The van der Waals surface area contributed by atoms with Gasteiger partial charge in [0, 0.05) is 0 Å². The Hall–Kier alpha value is -2.18. The summed E-state index contributed by atoms with van der Waals surface area (Å²) in [6.45, 7) is 1.94. The number of benzene rings is 1. The van der Waals surface area contributed by atoms with Gasteiger partial charge < -0.3 is 20.4 Å². The van der Waals surface area contributed by atoms with E-state index in [9.17, 15) is 9.59 Å². The zero-order valence-corrected chi connectivity index (χ0v) is 14.4. The lowest BCUT2D eigenvalue weighted by atomic mass is 10.1. The van der Waals surface area contributed by atoms with Crippen LogP contribution in [0.3, 0.4) is 0 Å². The normalized spacial score (nSPS) is 11.6. The topological polar surface area (TPSA) is 83.4 Å². The molecule has 0 bridgehead atoms. The highest BCUT2D eigenvalue weighted by molar-refractivity contribution is 6.42. The van der Waals surface area contributed by atoms with Gasteiger partial charge in [0.25, 0.3) is 0 Å². The Morgan fingerprint density at radius 2 is 1.96 bits per heavy atom. The van der Waals surface area contributed by atoms with Crippen LogP contribution in [0.1, 0.15) is 24.3 Å². The molecule has 0 saturated carbocycles. The average Bonchev–Trinajstić information content (AvgIpc) is 3.07. The molecule has 1 aromatic heterocycles. The van der Waals surface area contributed by atoms with E-state index >= 15 is 0 Å². The standard InChI is InChI=1S/C16H17Cl2N3O3/c1-10(11-4-5-13(17)14(18)7-11)21-16(23)20-9-15(22)19-8-12-3-2-6-24-12/h2-7,10H,8-9H2,1H3,(H,19,22)(H2,20,21,23). The van der Waals surface area contributed by atoms with E-state index in [0.717, 1.165) is 5.56 Å². The molecule has 1 heterocycles. The van der Waals surface area contributed by atoms with Crippen LogP contribution in [0.4, 0.5) is 4.79 Å². The first-order valence-electron chi connectivity index (χ1n) is 7.24. The third-order valence-corrected chi connectivity index (χ3v) is 3.98. The molecule has 0 aliphatic rings. The molecule has 128 valence electrons. The van der Waals surface area contributed by atoms with Gasteiger partial charge in [-0.1, -0.05) is 29.3 Å². The Bertz CT molecular complexity index is 705. The van der Waals surface area contributed by atoms with Crippen LogP contribution in [0.5, 0.6) is 0 Å². The lowest BCUT2D eigenvalue weighted by molar-refractivity contribution is -0.120. The quantitative estimate of drug-likeness (QED) is 0.730. The average molecular weight is 370 g/mol. The van der Waals surface area contributed by atoms with Crippen molar-refractivity contribution in [1.29, 1.82) is 0 Å². The van der Waals surface area contributed by atoms with Crippen molar-refractivity contribution in [2.45, 2.75) is 19.5 Å². The fourth-order valence-electron chi connectivity index (χ4n) is 1.93. The van der Waals surface area contributed by atoms with Gasteiger partial charge in [-0.25, -0.2) is 4.79 Å². The molecule has 3 amide bonds. The molecule has 0 aliphatic heterocycles. The Morgan fingerprint density at radius 1 is 1.17 bits per heavy atom. The van der Waals surface area contributed by atoms with Crippen LogP contribution in [0.2, 0.25) is 10.0 Å². The lowest BCUT2D eigenvalue weighted by Gasteiger charge is -2.15. The summed E-state index contributed by atoms with van der Waals surface area (Å²) in [4.78, 5) is 23.5. The van der Waals surface area contributed by atoms with Crippen LogP contribution in [0.15, 0.2) is 41.0 Å². The number of rotatable bonds is 6. The number of furan rings is 1. The Labute approximate surface area is 149 Å². The highest BCUT2D eigenvalue weighted by Crippen LogP contribution is 2.25. The van der Waals surface area contributed by atoms with Gasteiger partial charge in [0.15, 0.2) is 0 Å². The van der Waals surface area contributed by atoms with Crippen molar-refractivity contribution < 1.29 is 14.0 Å². The zero-order valence-electron chi connectivity index (χ0n) is 12.9. The molecular weight excluding hydrogens is 353 g/mol. The summed E-state index contributed by atoms with van der Waals surface area (Å²) in [5.41, 5.74) is 0.807. The van der Waals surface area contributed by atoms with Crippen molar-refractivity contribution in [3.63, 3.8) is 0 Å². The molecule has 8 heteroatoms. The van der Waals surface area contributed by atoms with Gasteiger partial charge in [0.1, 0.15) is 5.76 Å². The van der Waals surface area contributed by atoms with E-state index in [1.807, 2.05) is 0 Å². The number of carbonyl (C=O) groups is 2. The molecule has 0 spiro atoms. The second-order valence-corrected chi connectivity index (χ2v) is 5.89. The first kappa shape index (κ1) is 18.2. The predicted molar refractivity (Wildman–Crippen MR) is 92.0 cm³/mol. The number of nitrogens with one attached hydrogen (secondary N) is 3. The Kier molecular flexibility index (Phi) is 6.52. The number of hydrogen-bond donors (Lipinski definition) is 3. The molecule has 0 saturated heterocycles. The summed E-state index contributed by atoms with van der Waals surface area (Å²) in [6, 6.07) is 7.86. The third-order valence-electron chi connectivity index (χ3n) is 3.24. The van der Waals surface area contributed by atoms with Crippen LogP contribution in [-0.2, 0) is 11.3 Å². The Balaban J connectivity index is 1.73. The first-order chi connectivity index (χ1) is 11.5. The number of amides is 3. The van der Waals surface area contributed by atoms with Gasteiger partial charge in [-0.3, -0.25) is 4.79 Å². The highest BCUT2D eigenvalue weighted by Gasteiger charge is 2.12. The van der Waals surface area contributed by atoms with Crippen LogP contribution >= 0.6 is 23.2 Å². The summed E-state index contributed by atoms with van der Waals surface area (Å²) in [7, 11) is 0. The van der Waals surface area contributed by atoms with Gasteiger partial charge in [-0.2, -0.15) is 0 Å². The highest BCUT2D eigenvalue weighted by atomic mass is 35.5. The van der Waals surface area contributed by atoms with E-state index < -0.39 is 6.03 Å². The van der Waals surface area contributed by atoms with Crippen LogP contribution in [0.25, 0.3) is 0 Å². The molecule has 1 aromatic carbocycles. The molecule has 24 heavy (non-hydrogen) atoms. The molecule has 0 aliphatic carbocycles. The van der Waals surface area contributed by atoms with Crippen molar-refractivity contribution >= 4 is 35.1 Å². The van der Waals surface area contributed by atoms with E-state index in [4.69, 9.17) is 27.6 Å².